The van der Waals surface area contributed by atoms with Crippen LogP contribution < -0.4 is 0 Å². The van der Waals surface area contributed by atoms with E-state index in [-0.39, 0.29) is 5.88 Å². The summed E-state index contributed by atoms with van der Waals surface area (Å²) in [5.41, 5.74) is 1.30. The van der Waals surface area contributed by atoms with Crippen molar-refractivity contribution in [3.05, 3.63) is 34.3 Å². The molecule has 5 heteroatoms. The normalized spacial score (nSPS) is 11.8. The molecule has 0 aliphatic rings. The van der Waals surface area contributed by atoms with Gasteiger partial charge in [0.1, 0.15) is 0 Å². The fourth-order valence-electron chi connectivity index (χ4n) is 0.949. The van der Waals surface area contributed by atoms with Gasteiger partial charge in [0.05, 0.1) is 0 Å². The lowest BCUT2D eigenvalue weighted by Gasteiger charge is -2.15. The number of hydrogen-bond donors (Lipinski definition) is 0. The molecule has 0 aromatic heterocycles. The molecule has 0 saturated heterocycles. The second kappa shape index (κ2) is 4.46. The molecule has 0 aliphatic heterocycles. The van der Waals surface area contributed by atoms with E-state index in [1.807, 2.05) is 0 Å². The Hall–Kier alpha value is 0.670. The smallest absolute Gasteiger partial charge is 0.122 e. The monoisotopic (exact) mass is 276 g/mol. The lowest BCUT2D eigenvalue weighted by molar-refractivity contribution is 1.17. The Kier molecular flexibility index (Phi) is 4.03. The maximum atomic E-state index is 5.76. The maximum Gasteiger partial charge on any atom is 0.216 e. The quantitative estimate of drug-likeness (QED) is 0.641. The molecular weight excluding hydrogens is 273 g/mol. The summed E-state index contributed by atoms with van der Waals surface area (Å²) in [6.07, 6.45) is 0. The minimum Gasteiger partial charge on any atom is -0.122 e. The van der Waals surface area contributed by atoms with E-state index in [4.69, 9.17) is 58.0 Å². The third-order valence-electron chi connectivity index (χ3n) is 1.52. The van der Waals surface area contributed by atoms with E-state index in [9.17, 15) is 0 Å². The van der Waals surface area contributed by atoms with Gasteiger partial charge in [-0.2, -0.15) is 0 Å². The second-order valence-corrected chi connectivity index (χ2v) is 5.42. The summed E-state index contributed by atoms with van der Waals surface area (Å²) in [5, 5.41) is 0.577. The summed E-state index contributed by atoms with van der Waals surface area (Å²) in [5.74, 6) is 0.268. The van der Waals surface area contributed by atoms with Crippen molar-refractivity contribution in [2.75, 3.05) is 0 Å². The third-order valence-corrected chi connectivity index (χ3v) is 2.65. The van der Waals surface area contributed by atoms with Crippen LogP contribution in [-0.2, 0) is 9.67 Å². The first-order chi connectivity index (χ1) is 5.95. The van der Waals surface area contributed by atoms with E-state index >= 15 is 0 Å². The second-order valence-electron chi connectivity index (χ2n) is 2.43. The highest BCUT2D eigenvalue weighted by molar-refractivity contribution is 6.66. The highest BCUT2D eigenvalue weighted by atomic mass is 35.6. The van der Waals surface area contributed by atoms with Gasteiger partial charge in [0.15, 0.2) is 0 Å². The third kappa shape index (κ3) is 3.07. The minimum absolute atomic E-state index is 0.268. The summed E-state index contributed by atoms with van der Waals surface area (Å²) in [7, 11) is 0. The molecule has 1 aromatic carbocycles. The van der Waals surface area contributed by atoms with E-state index < -0.39 is 3.79 Å². The van der Waals surface area contributed by atoms with E-state index in [1.165, 1.54) is 0 Å². The van der Waals surface area contributed by atoms with Gasteiger partial charge in [0, 0.05) is 16.5 Å². The molecule has 0 aliphatic carbocycles. The van der Waals surface area contributed by atoms with Crippen LogP contribution in [-0.4, -0.2) is 0 Å². The Balaban J connectivity index is 3.22. The largest absolute Gasteiger partial charge is 0.216 e. The van der Waals surface area contributed by atoms with Crippen molar-refractivity contribution in [1.82, 2.24) is 0 Å². The van der Waals surface area contributed by atoms with E-state index in [1.54, 1.807) is 18.2 Å². The maximum absolute atomic E-state index is 5.76. The van der Waals surface area contributed by atoms with Gasteiger partial charge in [-0.05, 0) is 17.7 Å². The molecule has 0 amide bonds. The first-order valence-corrected chi connectivity index (χ1v) is 5.41. The molecule has 1 rings (SSSR count). The number of halogens is 5. The summed E-state index contributed by atoms with van der Waals surface area (Å²) < 4.78 is -1.45. The first-order valence-electron chi connectivity index (χ1n) is 3.36. The number of hydrogen-bond acceptors (Lipinski definition) is 0. The van der Waals surface area contributed by atoms with Gasteiger partial charge >= 0.3 is 0 Å². The molecule has 0 nitrogen and oxygen atoms in total. The standard InChI is InChI=1S/C8H5Cl5/c9-4-5-3-6(10)1-2-7(5)8(11,12)13/h1-3H,4H2. The van der Waals surface area contributed by atoms with E-state index in [0.29, 0.717) is 10.6 Å². The summed E-state index contributed by atoms with van der Waals surface area (Å²) in [4.78, 5) is 0. The zero-order valence-corrected chi connectivity index (χ0v) is 10.1. The van der Waals surface area contributed by atoms with Gasteiger partial charge in [0.25, 0.3) is 0 Å². The average Bonchev–Trinajstić information content (AvgIpc) is 2.01. The van der Waals surface area contributed by atoms with Crippen molar-refractivity contribution in [2.45, 2.75) is 9.67 Å². The van der Waals surface area contributed by atoms with Crippen molar-refractivity contribution in [3.63, 3.8) is 0 Å². The van der Waals surface area contributed by atoms with Crippen molar-refractivity contribution < 1.29 is 0 Å². The van der Waals surface area contributed by atoms with Gasteiger partial charge in [0.2, 0.25) is 3.79 Å². The van der Waals surface area contributed by atoms with Crippen LogP contribution in [0.1, 0.15) is 11.1 Å². The molecule has 13 heavy (non-hydrogen) atoms. The Morgan fingerprint density at radius 2 is 1.77 bits per heavy atom. The van der Waals surface area contributed by atoms with Crippen LogP contribution in [0.2, 0.25) is 5.02 Å². The fourth-order valence-corrected chi connectivity index (χ4v) is 1.92. The summed E-state index contributed by atoms with van der Waals surface area (Å²) in [6.45, 7) is 0. The predicted molar refractivity (Wildman–Crippen MR) is 60.2 cm³/mol. The van der Waals surface area contributed by atoms with Crippen LogP contribution in [0.5, 0.6) is 0 Å². The van der Waals surface area contributed by atoms with Crippen LogP contribution >= 0.6 is 58.0 Å². The fraction of sp³-hybridized carbons (Fsp3) is 0.250. The highest BCUT2D eigenvalue weighted by Gasteiger charge is 2.25. The van der Waals surface area contributed by atoms with Crippen molar-refractivity contribution in [1.29, 1.82) is 0 Å². The highest BCUT2D eigenvalue weighted by Crippen LogP contribution is 2.41. The summed E-state index contributed by atoms with van der Waals surface area (Å²) in [6, 6.07) is 5.01. The first kappa shape index (κ1) is 11.7. The lowest BCUT2D eigenvalue weighted by Crippen LogP contribution is -2.03. The molecule has 0 spiro atoms. The van der Waals surface area contributed by atoms with Crippen LogP contribution in [0.3, 0.4) is 0 Å². The topological polar surface area (TPSA) is 0 Å². The van der Waals surface area contributed by atoms with Gasteiger partial charge in [-0.25, -0.2) is 0 Å². The molecule has 0 atom stereocenters. The summed E-state index contributed by atoms with van der Waals surface area (Å²) >= 11 is 28.6. The van der Waals surface area contributed by atoms with Gasteiger partial charge in [-0.3, -0.25) is 0 Å². The van der Waals surface area contributed by atoms with Crippen LogP contribution in [0.25, 0.3) is 0 Å². The minimum atomic E-state index is -1.45. The molecule has 0 fully saturated rings. The number of rotatable bonds is 1. The van der Waals surface area contributed by atoms with Crippen molar-refractivity contribution in [3.8, 4) is 0 Å². The Bertz CT molecular complexity index is 302. The van der Waals surface area contributed by atoms with Crippen LogP contribution in [0.4, 0.5) is 0 Å². The molecule has 0 bridgehead atoms. The zero-order valence-electron chi connectivity index (χ0n) is 6.33. The van der Waals surface area contributed by atoms with E-state index in [0.717, 1.165) is 5.56 Å². The van der Waals surface area contributed by atoms with Gasteiger partial charge < -0.3 is 0 Å². The molecule has 0 unspecified atom stereocenters. The van der Waals surface area contributed by atoms with Gasteiger partial charge in [-0.1, -0.05) is 52.5 Å². The Morgan fingerprint density at radius 3 is 2.23 bits per heavy atom. The van der Waals surface area contributed by atoms with Crippen LogP contribution in [0, 0.1) is 0 Å². The predicted octanol–water partition coefficient (Wildman–Crippen LogP) is 4.91. The van der Waals surface area contributed by atoms with E-state index in [2.05, 4.69) is 0 Å². The van der Waals surface area contributed by atoms with Crippen molar-refractivity contribution >= 4 is 58.0 Å². The number of alkyl halides is 4. The molecule has 0 heterocycles. The SMILES string of the molecule is ClCc1cc(Cl)ccc1C(Cl)(Cl)Cl. The molecule has 1 aromatic rings. The Morgan fingerprint density at radius 1 is 1.15 bits per heavy atom. The molecule has 0 radical (unpaired) electrons. The zero-order chi connectivity index (χ0) is 10.1. The van der Waals surface area contributed by atoms with Crippen LogP contribution in [0.15, 0.2) is 18.2 Å². The van der Waals surface area contributed by atoms with Crippen molar-refractivity contribution in [2.24, 2.45) is 0 Å². The van der Waals surface area contributed by atoms with Gasteiger partial charge in [-0.15, -0.1) is 11.6 Å². The lowest BCUT2D eigenvalue weighted by atomic mass is 10.1. The molecule has 72 valence electrons. The molecule has 0 saturated carbocycles. The molecular formula is C8H5Cl5. The molecule has 0 N–H and O–H groups in total. The average molecular weight is 278 g/mol. The Labute approximate surface area is 102 Å². The number of benzene rings is 1.